The molecule has 0 bridgehead atoms. The maximum absolute atomic E-state index is 12.5. The van der Waals surface area contributed by atoms with E-state index in [1.807, 2.05) is 12.1 Å². The lowest BCUT2D eigenvalue weighted by Gasteiger charge is -2.37. The number of ether oxygens (including phenoxy) is 2. The number of ketones is 1. The Hall–Kier alpha value is -1.80. The second-order valence-electron chi connectivity index (χ2n) is 10.3. The molecule has 0 radical (unpaired) electrons. The van der Waals surface area contributed by atoms with Crippen molar-refractivity contribution in [1.82, 2.24) is 4.90 Å². The van der Waals surface area contributed by atoms with Crippen LogP contribution in [0.4, 0.5) is 5.69 Å². The van der Waals surface area contributed by atoms with Crippen molar-refractivity contribution < 1.29 is 22.7 Å². The Morgan fingerprint density at radius 3 is 2.45 bits per heavy atom. The zero-order chi connectivity index (χ0) is 22.8. The highest BCUT2D eigenvalue weighted by molar-refractivity contribution is 7.91. The fourth-order valence-corrected chi connectivity index (χ4v) is 7.74. The summed E-state index contributed by atoms with van der Waals surface area (Å²) in [6.45, 7) is 5.61. The van der Waals surface area contributed by atoms with Gasteiger partial charge in [-0.3, -0.25) is 9.69 Å². The molecule has 1 aliphatic carbocycles. The number of anilines is 1. The van der Waals surface area contributed by atoms with Gasteiger partial charge in [0.25, 0.3) is 0 Å². The van der Waals surface area contributed by atoms with Crippen LogP contribution in [0.15, 0.2) is 18.2 Å². The highest BCUT2D eigenvalue weighted by Gasteiger charge is 2.34. The predicted molar refractivity (Wildman–Crippen MR) is 128 cm³/mol. The van der Waals surface area contributed by atoms with E-state index < -0.39 is 9.84 Å². The molecular weight excluding hydrogens is 440 g/mol. The van der Waals surface area contributed by atoms with E-state index in [1.54, 1.807) is 0 Å². The number of hydrogen-bond acceptors (Lipinski definition) is 7. The van der Waals surface area contributed by atoms with Gasteiger partial charge in [-0.15, -0.1) is 0 Å². The molecule has 2 saturated heterocycles. The summed E-state index contributed by atoms with van der Waals surface area (Å²) in [7, 11) is -2.97. The van der Waals surface area contributed by atoms with E-state index in [2.05, 4.69) is 15.9 Å². The van der Waals surface area contributed by atoms with Crippen LogP contribution in [0.25, 0.3) is 0 Å². The Morgan fingerprint density at radius 1 is 0.970 bits per heavy atom. The molecule has 33 heavy (non-hydrogen) atoms. The van der Waals surface area contributed by atoms with Crippen LogP contribution in [-0.4, -0.2) is 70.1 Å². The van der Waals surface area contributed by atoms with Gasteiger partial charge in [-0.05, 0) is 56.2 Å². The third kappa shape index (κ3) is 5.48. The number of sulfone groups is 1. The highest BCUT2D eigenvalue weighted by atomic mass is 32.2. The Bertz CT molecular complexity index is 950. The second-order valence-corrected chi connectivity index (χ2v) is 12.5. The van der Waals surface area contributed by atoms with Crippen molar-refractivity contribution in [2.24, 2.45) is 17.8 Å². The van der Waals surface area contributed by atoms with Crippen LogP contribution in [0.3, 0.4) is 0 Å². The third-order valence-corrected chi connectivity index (χ3v) is 9.85. The van der Waals surface area contributed by atoms with Crippen molar-refractivity contribution in [2.45, 2.75) is 44.9 Å². The fourth-order valence-electron chi connectivity index (χ4n) is 5.97. The number of fused-ring (bicyclic) bond motifs is 1. The molecule has 4 aliphatic rings. The normalized spacial score (nSPS) is 29.3. The SMILES string of the molecule is O=C(CC1CCC(CCN2CCN(c3cccc4c3OCO4)CC2)CC1)C1CCS(=O)(=O)C1. The molecule has 1 atom stereocenters. The van der Waals surface area contributed by atoms with Crippen molar-refractivity contribution in [2.75, 3.05) is 55.9 Å². The molecule has 3 fully saturated rings. The number of para-hydroxylation sites is 1. The molecule has 3 heterocycles. The van der Waals surface area contributed by atoms with E-state index >= 15 is 0 Å². The zero-order valence-electron chi connectivity index (χ0n) is 19.4. The summed E-state index contributed by atoms with van der Waals surface area (Å²) in [5.74, 6) is 3.18. The molecule has 1 aromatic rings. The molecule has 5 rings (SSSR count). The van der Waals surface area contributed by atoms with E-state index in [9.17, 15) is 13.2 Å². The van der Waals surface area contributed by atoms with Gasteiger partial charge in [-0.2, -0.15) is 0 Å². The maximum Gasteiger partial charge on any atom is 0.231 e. The third-order valence-electron chi connectivity index (χ3n) is 8.09. The number of piperazine rings is 1. The van der Waals surface area contributed by atoms with Crippen molar-refractivity contribution in [3.63, 3.8) is 0 Å². The number of rotatable bonds is 7. The van der Waals surface area contributed by atoms with Gasteiger partial charge in [0.2, 0.25) is 6.79 Å². The summed E-state index contributed by atoms with van der Waals surface area (Å²) in [6.07, 6.45) is 7.00. The second kappa shape index (κ2) is 9.82. The van der Waals surface area contributed by atoms with Crippen molar-refractivity contribution in [3.8, 4) is 11.5 Å². The zero-order valence-corrected chi connectivity index (χ0v) is 20.2. The van der Waals surface area contributed by atoms with Crippen molar-refractivity contribution >= 4 is 21.3 Å². The minimum absolute atomic E-state index is 0.0853. The monoisotopic (exact) mass is 476 g/mol. The molecule has 8 heteroatoms. The van der Waals surface area contributed by atoms with Gasteiger partial charge in [0.15, 0.2) is 21.3 Å². The van der Waals surface area contributed by atoms with Gasteiger partial charge in [-0.1, -0.05) is 18.9 Å². The van der Waals surface area contributed by atoms with Crippen LogP contribution < -0.4 is 14.4 Å². The van der Waals surface area contributed by atoms with Crippen LogP contribution >= 0.6 is 0 Å². The molecule has 3 aliphatic heterocycles. The first-order valence-corrected chi connectivity index (χ1v) is 14.4. The van der Waals surface area contributed by atoms with E-state index in [-0.39, 0.29) is 23.2 Å². The number of carbonyl (C=O) groups is 1. The lowest BCUT2D eigenvalue weighted by molar-refractivity contribution is -0.123. The molecule has 0 spiro atoms. The Morgan fingerprint density at radius 2 is 1.73 bits per heavy atom. The number of carbonyl (C=O) groups excluding carboxylic acids is 1. The minimum Gasteiger partial charge on any atom is -0.454 e. The summed E-state index contributed by atoms with van der Waals surface area (Å²) in [5, 5.41) is 0. The van der Waals surface area contributed by atoms with Crippen LogP contribution in [0, 0.1) is 17.8 Å². The molecule has 1 aromatic carbocycles. The highest BCUT2D eigenvalue weighted by Crippen LogP contribution is 2.41. The summed E-state index contributed by atoms with van der Waals surface area (Å²) in [4.78, 5) is 17.5. The molecule has 0 N–H and O–H groups in total. The van der Waals surface area contributed by atoms with E-state index in [0.717, 1.165) is 68.7 Å². The Kier molecular flexibility index (Phi) is 6.84. The first-order chi connectivity index (χ1) is 16.0. The molecular formula is C25H36N2O5S. The Balaban J connectivity index is 1.01. The van der Waals surface area contributed by atoms with Crippen LogP contribution in [-0.2, 0) is 14.6 Å². The fraction of sp³-hybridized carbons (Fsp3) is 0.720. The van der Waals surface area contributed by atoms with Gasteiger partial charge >= 0.3 is 0 Å². The topological polar surface area (TPSA) is 76.2 Å². The predicted octanol–water partition coefficient (Wildman–Crippen LogP) is 3.13. The number of hydrogen-bond donors (Lipinski definition) is 0. The summed E-state index contributed by atoms with van der Waals surface area (Å²) >= 11 is 0. The van der Waals surface area contributed by atoms with Crippen molar-refractivity contribution in [1.29, 1.82) is 0 Å². The number of benzene rings is 1. The van der Waals surface area contributed by atoms with Gasteiger partial charge in [0.05, 0.1) is 17.2 Å². The van der Waals surface area contributed by atoms with Gasteiger partial charge in [-0.25, -0.2) is 8.42 Å². The molecule has 1 saturated carbocycles. The van der Waals surface area contributed by atoms with Gasteiger partial charge in [0, 0.05) is 38.5 Å². The number of Topliss-reactive ketones (excluding diaryl/α,β-unsaturated/α-hetero) is 1. The first kappa shape index (κ1) is 23.0. The summed E-state index contributed by atoms with van der Waals surface area (Å²) in [6, 6.07) is 6.12. The molecule has 1 unspecified atom stereocenters. The van der Waals surface area contributed by atoms with E-state index in [4.69, 9.17) is 9.47 Å². The standard InChI is InChI=1S/C25H36N2O5S/c28-23(21-9-15-33(29,30)17-21)16-20-6-4-19(5-7-20)8-10-26-11-13-27(14-12-26)22-2-1-3-24-25(22)32-18-31-24/h1-3,19-21H,4-18H2. The van der Waals surface area contributed by atoms with Crippen molar-refractivity contribution in [3.05, 3.63) is 18.2 Å². The first-order valence-electron chi connectivity index (χ1n) is 12.6. The average Bonchev–Trinajstić information content (AvgIpc) is 3.45. The Labute approximate surface area is 197 Å². The van der Waals surface area contributed by atoms with Crippen LogP contribution in [0.1, 0.15) is 44.9 Å². The summed E-state index contributed by atoms with van der Waals surface area (Å²) in [5.41, 5.74) is 1.15. The summed E-state index contributed by atoms with van der Waals surface area (Å²) < 4.78 is 34.5. The molecule has 182 valence electrons. The largest absolute Gasteiger partial charge is 0.454 e. The molecule has 7 nitrogen and oxygen atoms in total. The average molecular weight is 477 g/mol. The van der Waals surface area contributed by atoms with E-state index in [1.165, 1.54) is 19.3 Å². The lowest BCUT2D eigenvalue weighted by atomic mass is 9.77. The number of nitrogens with zero attached hydrogens (tertiary/aromatic N) is 2. The maximum atomic E-state index is 12.5. The van der Waals surface area contributed by atoms with Gasteiger partial charge in [0.1, 0.15) is 5.78 Å². The molecule has 0 amide bonds. The minimum atomic E-state index is -2.97. The quantitative estimate of drug-likeness (QED) is 0.598. The molecule has 0 aromatic heterocycles. The lowest BCUT2D eigenvalue weighted by Crippen LogP contribution is -2.47. The van der Waals surface area contributed by atoms with Gasteiger partial charge < -0.3 is 14.4 Å². The smallest absolute Gasteiger partial charge is 0.231 e. The van der Waals surface area contributed by atoms with Crippen LogP contribution in [0.2, 0.25) is 0 Å². The van der Waals surface area contributed by atoms with Crippen LogP contribution in [0.5, 0.6) is 11.5 Å². The van der Waals surface area contributed by atoms with E-state index in [0.29, 0.717) is 25.6 Å².